The third-order valence-corrected chi connectivity index (χ3v) is 2.09. The molecule has 0 fully saturated rings. The van der Waals surface area contributed by atoms with E-state index in [9.17, 15) is 13.6 Å². The van der Waals surface area contributed by atoms with Crippen molar-refractivity contribution in [2.45, 2.75) is 18.9 Å². The number of carbonyl (C=O) groups is 1. The lowest BCUT2D eigenvalue weighted by atomic mass is 10.1. The Morgan fingerprint density at radius 2 is 1.94 bits per heavy atom. The summed E-state index contributed by atoms with van der Waals surface area (Å²) in [5, 5.41) is 11.0. The first-order valence-corrected chi connectivity index (χ1v) is 4.86. The van der Waals surface area contributed by atoms with Crippen molar-refractivity contribution in [2.24, 2.45) is 0 Å². The molecule has 0 aliphatic rings. The van der Waals surface area contributed by atoms with Gasteiger partial charge in [-0.2, -0.15) is 8.78 Å². The second-order valence-electron chi connectivity index (χ2n) is 3.38. The van der Waals surface area contributed by atoms with E-state index in [1.54, 1.807) is 24.3 Å². The number of rotatable bonds is 5. The van der Waals surface area contributed by atoms with E-state index in [-0.39, 0.29) is 6.61 Å². The third kappa shape index (κ3) is 3.94. The first kappa shape index (κ1) is 12.6. The molecule has 1 aromatic carbocycles. The lowest BCUT2D eigenvalue weighted by Crippen LogP contribution is -2.42. The molecule has 0 saturated heterocycles. The number of benzene rings is 1. The minimum absolute atomic E-state index is 0.329. The maximum absolute atomic E-state index is 12.0. The minimum Gasteiger partial charge on any atom is -0.394 e. The van der Waals surface area contributed by atoms with Gasteiger partial charge in [0.25, 0.3) is 5.91 Å². The van der Waals surface area contributed by atoms with Crippen molar-refractivity contribution < 1.29 is 18.7 Å². The molecule has 0 bridgehead atoms. The van der Waals surface area contributed by atoms with Gasteiger partial charge in [0.2, 0.25) is 0 Å². The first-order chi connectivity index (χ1) is 7.63. The number of hydrogen-bond donors (Lipinski definition) is 2. The molecule has 0 spiro atoms. The number of carbonyl (C=O) groups excluding carboxylic acids is 1. The van der Waals surface area contributed by atoms with Crippen LogP contribution in [0.2, 0.25) is 0 Å². The Balaban J connectivity index is 2.53. The van der Waals surface area contributed by atoms with Crippen molar-refractivity contribution in [3.8, 4) is 0 Å². The van der Waals surface area contributed by atoms with Gasteiger partial charge in [-0.25, -0.2) is 0 Å². The Kier molecular flexibility index (Phi) is 4.85. The van der Waals surface area contributed by atoms with Crippen LogP contribution in [0.25, 0.3) is 0 Å². The highest BCUT2D eigenvalue weighted by atomic mass is 19.3. The summed E-state index contributed by atoms with van der Waals surface area (Å²) in [6, 6.07) is 8.37. The summed E-state index contributed by atoms with van der Waals surface area (Å²) in [6.07, 6.45) is -2.72. The molecule has 1 rings (SSSR count). The van der Waals surface area contributed by atoms with E-state index < -0.39 is 18.4 Å². The van der Waals surface area contributed by atoms with Crippen LogP contribution in [0, 0.1) is 0 Å². The average Bonchev–Trinajstić information content (AvgIpc) is 2.29. The predicted octanol–water partition coefficient (Wildman–Crippen LogP) is 0.971. The quantitative estimate of drug-likeness (QED) is 0.790. The number of aliphatic hydroxyl groups excluding tert-OH is 1. The van der Waals surface area contributed by atoms with Crippen LogP contribution >= 0.6 is 0 Å². The fourth-order valence-corrected chi connectivity index (χ4v) is 1.32. The van der Waals surface area contributed by atoms with Crippen molar-refractivity contribution in [1.29, 1.82) is 0 Å². The summed E-state index contributed by atoms with van der Waals surface area (Å²) in [5.74, 6) is -1.35. The Bertz CT molecular complexity index is 330. The maximum Gasteiger partial charge on any atom is 0.315 e. The van der Waals surface area contributed by atoms with Crippen molar-refractivity contribution >= 4 is 5.91 Å². The van der Waals surface area contributed by atoms with Crippen molar-refractivity contribution in [1.82, 2.24) is 5.32 Å². The number of halogens is 2. The third-order valence-electron chi connectivity index (χ3n) is 2.09. The van der Waals surface area contributed by atoms with Crippen LogP contribution in [0.5, 0.6) is 0 Å². The Morgan fingerprint density at radius 3 is 2.44 bits per heavy atom. The van der Waals surface area contributed by atoms with Gasteiger partial charge < -0.3 is 10.4 Å². The molecule has 0 aliphatic carbocycles. The number of aliphatic hydroxyl groups is 1. The molecule has 1 aromatic rings. The van der Waals surface area contributed by atoms with Gasteiger partial charge in [0.1, 0.15) is 0 Å². The molecule has 0 aromatic heterocycles. The lowest BCUT2D eigenvalue weighted by molar-refractivity contribution is -0.132. The topological polar surface area (TPSA) is 49.3 Å². The fraction of sp³-hybridized carbons (Fsp3) is 0.364. The van der Waals surface area contributed by atoms with Crippen LogP contribution in [0.15, 0.2) is 30.3 Å². The zero-order valence-corrected chi connectivity index (χ0v) is 8.57. The number of hydrogen-bond acceptors (Lipinski definition) is 2. The number of amides is 1. The van der Waals surface area contributed by atoms with Gasteiger partial charge in [0, 0.05) is 0 Å². The molecular formula is C11H13F2NO2. The highest BCUT2D eigenvalue weighted by molar-refractivity contribution is 5.79. The molecule has 3 nitrogen and oxygen atoms in total. The molecule has 1 unspecified atom stereocenters. The van der Waals surface area contributed by atoms with E-state index in [1.165, 1.54) is 0 Å². The predicted molar refractivity (Wildman–Crippen MR) is 55.2 cm³/mol. The summed E-state index contributed by atoms with van der Waals surface area (Å²) in [5.41, 5.74) is 0.871. The second kappa shape index (κ2) is 6.17. The Labute approximate surface area is 92.1 Å². The molecule has 2 N–H and O–H groups in total. The normalized spacial score (nSPS) is 12.5. The maximum atomic E-state index is 12.0. The summed E-state index contributed by atoms with van der Waals surface area (Å²) in [4.78, 5) is 10.7. The highest BCUT2D eigenvalue weighted by Crippen LogP contribution is 2.03. The van der Waals surface area contributed by atoms with Crippen LogP contribution < -0.4 is 5.32 Å². The van der Waals surface area contributed by atoms with Gasteiger partial charge >= 0.3 is 6.43 Å². The van der Waals surface area contributed by atoms with Crippen LogP contribution in [0.1, 0.15) is 5.56 Å². The minimum atomic E-state index is -3.05. The fourth-order valence-electron chi connectivity index (χ4n) is 1.32. The van der Waals surface area contributed by atoms with Crippen molar-refractivity contribution in [2.75, 3.05) is 6.61 Å². The molecule has 1 atom stereocenters. The zero-order chi connectivity index (χ0) is 12.0. The monoisotopic (exact) mass is 229 g/mol. The van der Waals surface area contributed by atoms with Crippen LogP contribution in [0.4, 0.5) is 8.78 Å². The van der Waals surface area contributed by atoms with E-state index in [2.05, 4.69) is 5.32 Å². The van der Waals surface area contributed by atoms with Crippen molar-refractivity contribution in [3.63, 3.8) is 0 Å². The van der Waals surface area contributed by atoms with E-state index in [1.807, 2.05) is 6.07 Å². The van der Waals surface area contributed by atoms with E-state index in [4.69, 9.17) is 5.11 Å². The summed E-state index contributed by atoms with van der Waals surface area (Å²) < 4.78 is 23.9. The van der Waals surface area contributed by atoms with Gasteiger partial charge in [-0.1, -0.05) is 30.3 Å². The van der Waals surface area contributed by atoms with Gasteiger partial charge in [0.05, 0.1) is 12.6 Å². The van der Waals surface area contributed by atoms with Crippen LogP contribution in [-0.4, -0.2) is 30.1 Å². The van der Waals surface area contributed by atoms with E-state index in [0.717, 1.165) is 5.56 Å². The highest BCUT2D eigenvalue weighted by Gasteiger charge is 2.19. The average molecular weight is 229 g/mol. The molecular weight excluding hydrogens is 216 g/mol. The van der Waals surface area contributed by atoms with E-state index in [0.29, 0.717) is 6.42 Å². The summed E-state index contributed by atoms with van der Waals surface area (Å²) in [7, 11) is 0. The SMILES string of the molecule is O=C(NC(CO)Cc1ccccc1)C(F)F. The molecule has 1 amide bonds. The largest absolute Gasteiger partial charge is 0.394 e. The summed E-state index contributed by atoms with van der Waals surface area (Å²) in [6.45, 7) is -0.368. The number of alkyl halides is 2. The summed E-state index contributed by atoms with van der Waals surface area (Å²) >= 11 is 0. The van der Waals surface area contributed by atoms with Crippen LogP contribution in [0.3, 0.4) is 0 Å². The molecule has 16 heavy (non-hydrogen) atoms. The smallest absolute Gasteiger partial charge is 0.315 e. The van der Waals surface area contributed by atoms with Gasteiger partial charge in [0.15, 0.2) is 0 Å². The Hall–Kier alpha value is -1.49. The van der Waals surface area contributed by atoms with Gasteiger partial charge in [-0.3, -0.25) is 4.79 Å². The molecule has 88 valence electrons. The zero-order valence-electron chi connectivity index (χ0n) is 8.57. The molecule has 0 saturated carbocycles. The molecule has 5 heteroatoms. The number of nitrogens with one attached hydrogen (secondary N) is 1. The van der Waals surface area contributed by atoms with Gasteiger partial charge in [-0.05, 0) is 12.0 Å². The van der Waals surface area contributed by atoms with Crippen LogP contribution in [-0.2, 0) is 11.2 Å². The second-order valence-corrected chi connectivity index (χ2v) is 3.38. The lowest BCUT2D eigenvalue weighted by Gasteiger charge is -2.15. The molecule has 0 radical (unpaired) electrons. The standard InChI is InChI=1S/C11H13F2NO2/c12-10(13)11(16)14-9(7-15)6-8-4-2-1-3-5-8/h1-5,9-10,15H,6-7H2,(H,14,16). The molecule has 0 heterocycles. The van der Waals surface area contributed by atoms with E-state index >= 15 is 0 Å². The van der Waals surface area contributed by atoms with Crippen molar-refractivity contribution in [3.05, 3.63) is 35.9 Å². The van der Waals surface area contributed by atoms with Gasteiger partial charge in [-0.15, -0.1) is 0 Å². The Morgan fingerprint density at radius 1 is 1.31 bits per heavy atom. The first-order valence-electron chi connectivity index (χ1n) is 4.86. The molecule has 0 aliphatic heterocycles.